The van der Waals surface area contributed by atoms with Gasteiger partial charge in [-0.05, 0) is 37.1 Å². The van der Waals surface area contributed by atoms with Crippen molar-refractivity contribution in [3.8, 4) is 0 Å². The molecule has 0 bridgehead atoms. The summed E-state index contributed by atoms with van der Waals surface area (Å²) in [5.41, 5.74) is 1.88. The van der Waals surface area contributed by atoms with Crippen LogP contribution < -0.4 is 5.32 Å². The Labute approximate surface area is 133 Å². The van der Waals surface area contributed by atoms with E-state index in [0.717, 1.165) is 23.5 Å². The van der Waals surface area contributed by atoms with Gasteiger partial charge in [-0.3, -0.25) is 4.79 Å². The molecule has 0 unspecified atom stereocenters. The first-order valence-electron chi connectivity index (χ1n) is 7.45. The monoisotopic (exact) mass is 316 g/mol. The normalized spacial score (nSPS) is 11.5. The van der Waals surface area contributed by atoms with Gasteiger partial charge in [-0.15, -0.1) is 11.3 Å². The Balaban J connectivity index is 1.87. The lowest BCUT2D eigenvalue weighted by Gasteiger charge is -2.12. The molecule has 0 aliphatic carbocycles. The molecule has 3 aromatic heterocycles. The summed E-state index contributed by atoms with van der Waals surface area (Å²) in [7, 11) is 0. The molecular weight excluding hydrogens is 296 g/mol. The van der Waals surface area contributed by atoms with E-state index in [1.807, 2.05) is 18.2 Å². The van der Waals surface area contributed by atoms with Crippen LogP contribution in [0.15, 0.2) is 34.9 Å². The topological polar surface area (TPSA) is 47.2 Å². The van der Waals surface area contributed by atoms with Crippen LogP contribution in [0.5, 0.6) is 0 Å². The summed E-state index contributed by atoms with van der Waals surface area (Å²) in [6.07, 6.45) is 1.61. The van der Waals surface area contributed by atoms with Crippen LogP contribution >= 0.6 is 11.3 Å². The highest BCUT2D eigenvalue weighted by atomic mass is 32.1. The number of thiophene rings is 1. The third kappa shape index (κ3) is 2.95. The predicted molar refractivity (Wildman–Crippen MR) is 89.3 cm³/mol. The lowest BCUT2D eigenvalue weighted by molar-refractivity contribution is 0.0938. The van der Waals surface area contributed by atoms with E-state index in [9.17, 15) is 4.79 Å². The summed E-state index contributed by atoms with van der Waals surface area (Å²) < 4.78 is 8.55. The number of amides is 1. The Bertz CT molecular complexity index is 781. The summed E-state index contributed by atoms with van der Waals surface area (Å²) in [4.78, 5) is 13.8. The van der Waals surface area contributed by atoms with Gasteiger partial charge in [-0.25, -0.2) is 0 Å². The zero-order chi connectivity index (χ0) is 15.7. The van der Waals surface area contributed by atoms with Crippen LogP contribution in [0.3, 0.4) is 0 Å². The molecule has 0 saturated heterocycles. The summed E-state index contributed by atoms with van der Waals surface area (Å²) in [5.74, 6) is 1.18. The van der Waals surface area contributed by atoms with Crippen LogP contribution in [0.4, 0.5) is 0 Å². The van der Waals surface area contributed by atoms with Crippen LogP contribution in [-0.4, -0.2) is 10.5 Å². The first kappa shape index (κ1) is 14.9. The molecule has 0 spiro atoms. The van der Waals surface area contributed by atoms with Crippen molar-refractivity contribution in [3.63, 3.8) is 0 Å². The molecule has 4 nitrogen and oxygen atoms in total. The zero-order valence-corrected chi connectivity index (χ0v) is 13.9. The molecule has 0 aromatic carbocycles. The molecule has 1 N–H and O–H groups in total. The van der Waals surface area contributed by atoms with Gasteiger partial charge in [0.1, 0.15) is 11.5 Å². The fourth-order valence-corrected chi connectivity index (χ4v) is 3.55. The van der Waals surface area contributed by atoms with Gasteiger partial charge in [0.05, 0.1) is 23.0 Å². The van der Waals surface area contributed by atoms with Crippen molar-refractivity contribution in [2.75, 3.05) is 0 Å². The summed E-state index contributed by atoms with van der Waals surface area (Å²) in [5, 5.41) is 2.93. The van der Waals surface area contributed by atoms with E-state index in [0.29, 0.717) is 12.5 Å². The zero-order valence-electron chi connectivity index (χ0n) is 13.1. The molecule has 0 fully saturated rings. The van der Waals surface area contributed by atoms with Crippen molar-refractivity contribution in [2.24, 2.45) is 5.92 Å². The van der Waals surface area contributed by atoms with Gasteiger partial charge in [0.15, 0.2) is 0 Å². The quantitative estimate of drug-likeness (QED) is 0.767. The number of carbonyl (C=O) groups is 1. The summed E-state index contributed by atoms with van der Waals surface area (Å²) in [6, 6.07) is 7.83. The van der Waals surface area contributed by atoms with E-state index in [4.69, 9.17) is 4.42 Å². The van der Waals surface area contributed by atoms with Crippen LogP contribution in [0.25, 0.3) is 10.2 Å². The number of nitrogens with zero attached hydrogens (tertiary/aromatic N) is 1. The van der Waals surface area contributed by atoms with E-state index in [1.54, 1.807) is 17.6 Å². The third-order valence-corrected chi connectivity index (χ3v) is 4.48. The largest absolute Gasteiger partial charge is 0.467 e. The number of furan rings is 1. The number of fused-ring (bicyclic) bond motifs is 1. The fraction of sp³-hybridized carbons (Fsp3) is 0.353. The lowest BCUT2D eigenvalue weighted by atomic mass is 10.2. The molecule has 0 radical (unpaired) electrons. The van der Waals surface area contributed by atoms with Crippen molar-refractivity contribution < 1.29 is 9.21 Å². The maximum Gasteiger partial charge on any atom is 0.268 e. The van der Waals surface area contributed by atoms with E-state index in [2.05, 4.69) is 36.7 Å². The molecule has 1 amide bonds. The smallest absolute Gasteiger partial charge is 0.268 e. The molecule has 22 heavy (non-hydrogen) atoms. The highest BCUT2D eigenvalue weighted by Gasteiger charge is 2.18. The number of carbonyl (C=O) groups excluding carboxylic acids is 1. The Hall–Kier alpha value is -2.01. The minimum absolute atomic E-state index is 0.0573. The maximum absolute atomic E-state index is 12.5. The molecule has 3 rings (SSSR count). The Kier molecular flexibility index (Phi) is 4.07. The van der Waals surface area contributed by atoms with Gasteiger partial charge in [0.25, 0.3) is 5.91 Å². The number of aromatic nitrogens is 1. The molecule has 5 heteroatoms. The SMILES string of the molecule is Cc1cc2c(cc(C(=O)NCc3ccco3)n2CC(C)C)s1. The second kappa shape index (κ2) is 6.01. The highest BCUT2D eigenvalue weighted by Crippen LogP contribution is 2.29. The van der Waals surface area contributed by atoms with Crippen molar-refractivity contribution in [1.29, 1.82) is 0 Å². The van der Waals surface area contributed by atoms with Crippen LogP contribution in [0, 0.1) is 12.8 Å². The Morgan fingerprint density at radius 3 is 2.91 bits per heavy atom. The van der Waals surface area contributed by atoms with Gasteiger partial charge < -0.3 is 14.3 Å². The lowest BCUT2D eigenvalue weighted by Crippen LogP contribution is -2.26. The number of rotatable bonds is 5. The maximum atomic E-state index is 12.5. The van der Waals surface area contributed by atoms with Crippen molar-refractivity contribution in [1.82, 2.24) is 9.88 Å². The number of aryl methyl sites for hydroxylation is 1. The van der Waals surface area contributed by atoms with Gasteiger partial charge in [0.2, 0.25) is 0 Å². The minimum Gasteiger partial charge on any atom is -0.467 e. The van der Waals surface area contributed by atoms with E-state index in [1.165, 1.54) is 9.58 Å². The van der Waals surface area contributed by atoms with Crippen molar-refractivity contribution >= 4 is 27.5 Å². The first-order chi connectivity index (χ1) is 10.5. The molecule has 3 aromatic rings. The number of hydrogen-bond donors (Lipinski definition) is 1. The Morgan fingerprint density at radius 2 is 2.23 bits per heavy atom. The number of nitrogens with one attached hydrogen (secondary N) is 1. The van der Waals surface area contributed by atoms with Gasteiger partial charge >= 0.3 is 0 Å². The summed E-state index contributed by atoms with van der Waals surface area (Å²) in [6.45, 7) is 7.67. The minimum atomic E-state index is -0.0573. The standard InChI is InChI=1S/C17H20N2O2S/c1-11(2)10-19-14-7-12(3)22-16(14)8-15(19)17(20)18-9-13-5-4-6-21-13/h4-8,11H,9-10H2,1-3H3,(H,18,20). The predicted octanol–water partition coefficient (Wildman–Crippen LogP) is 4.19. The van der Waals surface area contributed by atoms with E-state index in [-0.39, 0.29) is 5.91 Å². The second-order valence-electron chi connectivity index (χ2n) is 5.90. The Morgan fingerprint density at radius 1 is 1.41 bits per heavy atom. The van der Waals surface area contributed by atoms with Crippen molar-refractivity contribution in [2.45, 2.75) is 33.9 Å². The van der Waals surface area contributed by atoms with Gasteiger partial charge in [-0.1, -0.05) is 13.8 Å². The summed E-state index contributed by atoms with van der Waals surface area (Å²) >= 11 is 1.73. The highest BCUT2D eigenvalue weighted by molar-refractivity contribution is 7.19. The molecule has 0 atom stereocenters. The average molecular weight is 316 g/mol. The molecule has 3 heterocycles. The molecule has 0 aliphatic rings. The van der Waals surface area contributed by atoms with E-state index < -0.39 is 0 Å². The van der Waals surface area contributed by atoms with Crippen LogP contribution in [0.1, 0.15) is 35.0 Å². The van der Waals surface area contributed by atoms with Crippen LogP contribution in [-0.2, 0) is 13.1 Å². The molecule has 0 aliphatic heterocycles. The second-order valence-corrected chi connectivity index (χ2v) is 7.19. The van der Waals surface area contributed by atoms with Crippen LogP contribution in [0.2, 0.25) is 0 Å². The van der Waals surface area contributed by atoms with Gasteiger partial charge in [-0.2, -0.15) is 0 Å². The fourth-order valence-electron chi connectivity index (χ4n) is 2.59. The molecule has 0 saturated carbocycles. The molecule has 116 valence electrons. The average Bonchev–Trinajstić information content (AvgIpc) is 3.14. The van der Waals surface area contributed by atoms with Gasteiger partial charge in [0, 0.05) is 11.4 Å². The molecular formula is C17H20N2O2S. The van der Waals surface area contributed by atoms with Crippen molar-refractivity contribution in [3.05, 3.63) is 46.9 Å². The first-order valence-corrected chi connectivity index (χ1v) is 8.26. The third-order valence-electron chi connectivity index (χ3n) is 3.50. The number of hydrogen-bond acceptors (Lipinski definition) is 3. The van der Waals surface area contributed by atoms with E-state index >= 15 is 0 Å².